The number of methoxy groups -OCH3 is 1. The molecule has 0 aromatic carbocycles. The van der Waals surface area contributed by atoms with Crippen LogP contribution in [0.4, 0.5) is 0 Å². The lowest BCUT2D eigenvalue weighted by Gasteiger charge is -2.10. The maximum atomic E-state index is 5.48. The van der Waals surface area contributed by atoms with E-state index in [1.165, 1.54) is 0 Å². The van der Waals surface area contributed by atoms with Crippen molar-refractivity contribution in [2.24, 2.45) is 5.73 Å². The minimum Gasteiger partial charge on any atom is -0.493 e. The van der Waals surface area contributed by atoms with Crippen LogP contribution in [0.15, 0.2) is 6.20 Å². The molecule has 0 aliphatic heterocycles. The van der Waals surface area contributed by atoms with E-state index >= 15 is 0 Å². The molecule has 0 bridgehead atoms. The van der Waals surface area contributed by atoms with E-state index in [0.29, 0.717) is 12.5 Å². The summed E-state index contributed by atoms with van der Waals surface area (Å²) in [6.45, 7) is 4.83. The number of hydrogen-bond acceptors (Lipinski definition) is 4. The van der Waals surface area contributed by atoms with Crippen molar-refractivity contribution in [3.8, 4) is 5.75 Å². The van der Waals surface area contributed by atoms with Crippen LogP contribution in [0, 0.1) is 0 Å². The molecule has 1 aromatic rings. The first-order chi connectivity index (χ1) is 7.19. The van der Waals surface area contributed by atoms with Crippen molar-refractivity contribution in [2.75, 3.05) is 13.7 Å². The van der Waals surface area contributed by atoms with Crippen molar-refractivity contribution in [3.05, 3.63) is 17.7 Å². The van der Waals surface area contributed by atoms with Crippen LogP contribution in [0.5, 0.6) is 5.75 Å². The average Bonchev–Trinajstić information content (AvgIpc) is 2.25. The Balaban J connectivity index is 2.91. The summed E-state index contributed by atoms with van der Waals surface area (Å²) >= 11 is 0. The molecule has 0 spiro atoms. The molecule has 1 heterocycles. The van der Waals surface area contributed by atoms with Gasteiger partial charge in [-0.2, -0.15) is 0 Å². The van der Waals surface area contributed by atoms with E-state index in [4.69, 9.17) is 10.5 Å². The predicted octanol–water partition coefficient (Wildman–Crippen LogP) is 1.50. The van der Waals surface area contributed by atoms with Gasteiger partial charge in [0.2, 0.25) is 0 Å². The van der Waals surface area contributed by atoms with Crippen LogP contribution in [-0.2, 0) is 6.42 Å². The Morgan fingerprint density at radius 3 is 2.73 bits per heavy atom. The third kappa shape index (κ3) is 3.16. The zero-order chi connectivity index (χ0) is 11.3. The van der Waals surface area contributed by atoms with E-state index in [9.17, 15) is 0 Å². The van der Waals surface area contributed by atoms with Gasteiger partial charge in [0.1, 0.15) is 5.82 Å². The Bertz CT molecular complexity index is 313. The van der Waals surface area contributed by atoms with E-state index in [2.05, 4.69) is 23.8 Å². The smallest absolute Gasteiger partial charge is 0.158 e. The van der Waals surface area contributed by atoms with Gasteiger partial charge in [0, 0.05) is 5.92 Å². The molecule has 4 nitrogen and oxygen atoms in total. The highest BCUT2D eigenvalue weighted by Crippen LogP contribution is 2.19. The lowest BCUT2D eigenvalue weighted by molar-refractivity contribution is 0.402. The molecule has 0 aliphatic rings. The fraction of sp³-hybridized carbons (Fsp3) is 0.636. The van der Waals surface area contributed by atoms with Crippen molar-refractivity contribution >= 4 is 0 Å². The van der Waals surface area contributed by atoms with Gasteiger partial charge in [-0.3, -0.25) is 0 Å². The molecule has 1 rings (SSSR count). The Morgan fingerprint density at radius 1 is 1.47 bits per heavy atom. The molecule has 0 saturated carbocycles. The van der Waals surface area contributed by atoms with E-state index in [0.717, 1.165) is 30.1 Å². The van der Waals surface area contributed by atoms with Crippen molar-refractivity contribution in [3.63, 3.8) is 0 Å². The fourth-order valence-corrected chi connectivity index (χ4v) is 1.32. The van der Waals surface area contributed by atoms with Gasteiger partial charge in [0.05, 0.1) is 19.0 Å². The first kappa shape index (κ1) is 11.9. The zero-order valence-electron chi connectivity index (χ0n) is 9.66. The number of rotatable bonds is 5. The summed E-state index contributed by atoms with van der Waals surface area (Å²) in [5, 5.41) is 0. The Hall–Kier alpha value is -1.16. The number of nitrogens with zero attached hydrogens (tertiary/aromatic N) is 2. The summed E-state index contributed by atoms with van der Waals surface area (Å²) in [7, 11) is 1.64. The van der Waals surface area contributed by atoms with Gasteiger partial charge in [-0.15, -0.1) is 0 Å². The molecule has 0 aliphatic carbocycles. The summed E-state index contributed by atoms with van der Waals surface area (Å²) in [5.74, 6) is 1.96. The number of hydrogen-bond donors (Lipinski definition) is 1. The molecule has 4 heteroatoms. The summed E-state index contributed by atoms with van der Waals surface area (Å²) in [6, 6.07) is 0. The lowest BCUT2D eigenvalue weighted by atomic mass is 10.1. The second kappa shape index (κ2) is 5.66. The van der Waals surface area contributed by atoms with Crippen LogP contribution in [0.25, 0.3) is 0 Å². The number of aromatic nitrogens is 2. The van der Waals surface area contributed by atoms with Gasteiger partial charge in [-0.1, -0.05) is 13.8 Å². The van der Waals surface area contributed by atoms with Crippen LogP contribution in [0.3, 0.4) is 0 Å². The molecule has 0 atom stereocenters. The van der Waals surface area contributed by atoms with Gasteiger partial charge < -0.3 is 10.5 Å². The van der Waals surface area contributed by atoms with Crippen molar-refractivity contribution in [2.45, 2.75) is 32.6 Å². The standard InChI is InChI=1S/C11H19N3O/c1-8(2)11-13-7-10(15-3)9(14-11)5-4-6-12/h7-8H,4-6,12H2,1-3H3. The molecule has 2 N–H and O–H groups in total. The average molecular weight is 209 g/mol. The van der Waals surface area contributed by atoms with Crippen LogP contribution in [0.2, 0.25) is 0 Å². The molecule has 0 saturated heterocycles. The van der Waals surface area contributed by atoms with Crippen LogP contribution in [-0.4, -0.2) is 23.6 Å². The minimum absolute atomic E-state index is 0.340. The molecular weight excluding hydrogens is 190 g/mol. The van der Waals surface area contributed by atoms with Gasteiger partial charge in [0.25, 0.3) is 0 Å². The monoisotopic (exact) mass is 209 g/mol. The Morgan fingerprint density at radius 2 is 2.20 bits per heavy atom. The third-order valence-corrected chi connectivity index (χ3v) is 2.20. The maximum Gasteiger partial charge on any atom is 0.158 e. The van der Waals surface area contributed by atoms with Crippen molar-refractivity contribution < 1.29 is 4.74 Å². The SMILES string of the molecule is COc1cnc(C(C)C)nc1CCCN. The minimum atomic E-state index is 0.340. The molecule has 1 aromatic heterocycles. The second-order valence-electron chi connectivity index (χ2n) is 3.79. The van der Waals surface area contributed by atoms with Crippen molar-refractivity contribution in [1.82, 2.24) is 9.97 Å². The first-order valence-electron chi connectivity index (χ1n) is 5.29. The molecule has 15 heavy (non-hydrogen) atoms. The zero-order valence-corrected chi connectivity index (χ0v) is 9.66. The summed E-state index contributed by atoms with van der Waals surface area (Å²) < 4.78 is 5.21. The summed E-state index contributed by atoms with van der Waals surface area (Å²) in [5.41, 5.74) is 6.44. The normalized spacial score (nSPS) is 10.7. The van der Waals surface area contributed by atoms with Gasteiger partial charge in [0.15, 0.2) is 5.75 Å². The third-order valence-electron chi connectivity index (χ3n) is 2.20. The quantitative estimate of drug-likeness (QED) is 0.798. The van der Waals surface area contributed by atoms with E-state index < -0.39 is 0 Å². The van der Waals surface area contributed by atoms with Gasteiger partial charge in [-0.05, 0) is 19.4 Å². The Kier molecular flexibility index (Phi) is 4.49. The molecule has 0 unspecified atom stereocenters. The number of aryl methyl sites for hydroxylation is 1. The Labute approximate surface area is 90.9 Å². The second-order valence-corrected chi connectivity index (χ2v) is 3.79. The number of nitrogens with two attached hydrogens (primary N) is 1. The number of ether oxygens (including phenoxy) is 1. The highest BCUT2D eigenvalue weighted by atomic mass is 16.5. The molecule has 0 fully saturated rings. The van der Waals surface area contributed by atoms with Crippen molar-refractivity contribution in [1.29, 1.82) is 0 Å². The molecule has 84 valence electrons. The van der Waals surface area contributed by atoms with Crippen LogP contribution >= 0.6 is 0 Å². The predicted molar refractivity (Wildman–Crippen MR) is 60.0 cm³/mol. The fourth-order valence-electron chi connectivity index (χ4n) is 1.32. The lowest BCUT2D eigenvalue weighted by Crippen LogP contribution is -2.06. The topological polar surface area (TPSA) is 61.0 Å². The molecule has 0 radical (unpaired) electrons. The maximum absolute atomic E-state index is 5.48. The summed E-state index contributed by atoms with van der Waals surface area (Å²) in [6.07, 6.45) is 3.51. The van der Waals surface area contributed by atoms with Crippen LogP contribution < -0.4 is 10.5 Å². The first-order valence-corrected chi connectivity index (χ1v) is 5.29. The van der Waals surface area contributed by atoms with Gasteiger partial charge in [-0.25, -0.2) is 9.97 Å². The highest BCUT2D eigenvalue weighted by Gasteiger charge is 2.09. The van der Waals surface area contributed by atoms with E-state index in [1.54, 1.807) is 13.3 Å². The summed E-state index contributed by atoms with van der Waals surface area (Å²) in [4.78, 5) is 8.74. The molecular formula is C11H19N3O. The highest BCUT2D eigenvalue weighted by molar-refractivity contribution is 5.25. The molecule has 0 amide bonds. The largest absolute Gasteiger partial charge is 0.493 e. The van der Waals surface area contributed by atoms with Gasteiger partial charge >= 0.3 is 0 Å². The van der Waals surface area contributed by atoms with E-state index in [1.807, 2.05) is 0 Å². The van der Waals surface area contributed by atoms with E-state index in [-0.39, 0.29) is 0 Å². The van der Waals surface area contributed by atoms with Crippen LogP contribution in [0.1, 0.15) is 37.7 Å².